The fourth-order valence-corrected chi connectivity index (χ4v) is 4.52. The third kappa shape index (κ3) is 3.42. The minimum absolute atomic E-state index is 1.17. The molecule has 2 aliphatic rings. The molecule has 2 aromatic rings. The molecule has 0 atom stereocenters. The first kappa shape index (κ1) is 16.6. The van der Waals surface area contributed by atoms with Crippen molar-refractivity contribution in [3.8, 4) is 0 Å². The number of aromatic nitrogens is 1. The van der Waals surface area contributed by atoms with Gasteiger partial charge in [-0.25, -0.2) is 0 Å². The van der Waals surface area contributed by atoms with Crippen LogP contribution in [0.25, 0.3) is 11.6 Å². The van der Waals surface area contributed by atoms with E-state index in [0.717, 1.165) is 0 Å². The van der Waals surface area contributed by atoms with E-state index in [4.69, 9.17) is 4.98 Å². The van der Waals surface area contributed by atoms with Crippen LogP contribution in [-0.4, -0.2) is 4.98 Å². The van der Waals surface area contributed by atoms with Gasteiger partial charge < -0.3 is 0 Å². The minimum Gasteiger partial charge on any atom is -0.253 e. The monoisotopic (exact) mass is 331 g/mol. The standard InChI is InChI=1S/C24H29N/c1-2-3-13-20-21-14-7-8-16-23(21)25-24-19(12-9-15-22(20)24)17-18-10-5-4-6-11-18/h4-6,10-11,17H,2-3,7-9,12-16H2,1H3/b19-17+. The predicted molar refractivity (Wildman–Crippen MR) is 107 cm³/mol. The quantitative estimate of drug-likeness (QED) is 0.652. The number of hydrogen-bond donors (Lipinski definition) is 0. The fraction of sp³-hybridized carbons (Fsp3) is 0.458. The molecule has 0 aliphatic heterocycles. The molecular formula is C24H29N. The highest BCUT2D eigenvalue weighted by Gasteiger charge is 2.25. The van der Waals surface area contributed by atoms with E-state index >= 15 is 0 Å². The molecule has 1 heteroatoms. The van der Waals surface area contributed by atoms with Gasteiger partial charge >= 0.3 is 0 Å². The molecule has 1 aromatic heterocycles. The minimum atomic E-state index is 1.17. The summed E-state index contributed by atoms with van der Waals surface area (Å²) in [5.41, 5.74) is 10.4. The highest BCUT2D eigenvalue weighted by molar-refractivity contribution is 5.82. The topological polar surface area (TPSA) is 12.9 Å². The summed E-state index contributed by atoms with van der Waals surface area (Å²) in [5.74, 6) is 0. The van der Waals surface area contributed by atoms with Crippen molar-refractivity contribution in [1.82, 2.24) is 4.98 Å². The highest BCUT2D eigenvalue weighted by atomic mass is 14.7. The summed E-state index contributed by atoms with van der Waals surface area (Å²) in [6.45, 7) is 2.31. The van der Waals surface area contributed by atoms with Crippen molar-refractivity contribution < 1.29 is 0 Å². The number of nitrogens with zero attached hydrogens (tertiary/aromatic N) is 1. The van der Waals surface area contributed by atoms with Crippen molar-refractivity contribution in [3.63, 3.8) is 0 Å². The zero-order valence-corrected chi connectivity index (χ0v) is 15.5. The van der Waals surface area contributed by atoms with Gasteiger partial charge in [-0.15, -0.1) is 0 Å². The van der Waals surface area contributed by atoms with Gasteiger partial charge in [0.15, 0.2) is 0 Å². The van der Waals surface area contributed by atoms with Gasteiger partial charge in [0.25, 0.3) is 0 Å². The maximum absolute atomic E-state index is 5.23. The summed E-state index contributed by atoms with van der Waals surface area (Å²) in [4.78, 5) is 5.23. The Kier molecular flexibility index (Phi) is 5.01. The summed E-state index contributed by atoms with van der Waals surface area (Å²) in [6, 6.07) is 10.8. The third-order valence-electron chi connectivity index (χ3n) is 5.80. The molecule has 1 aromatic carbocycles. The smallest absolute Gasteiger partial charge is 0.0700 e. The molecule has 1 nitrogen and oxygen atoms in total. The first-order valence-electron chi connectivity index (χ1n) is 10.2. The summed E-state index contributed by atoms with van der Waals surface area (Å²) in [6.07, 6.45) is 15.0. The van der Waals surface area contributed by atoms with Crippen molar-refractivity contribution in [3.05, 3.63) is 64.0 Å². The molecule has 0 fully saturated rings. The number of unbranched alkanes of at least 4 members (excludes halogenated alkanes) is 1. The van der Waals surface area contributed by atoms with E-state index in [-0.39, 0.29) is 0 Å². The second kappa shape index (κ2) is 7.56. The van der Waals surface area contributed by atoms with Gasteiger partial charge in [-0.2, -0.15) is 0 Å². The molecule has 130 valence electrons. The van der Waals surface area contributed by atoms with Crippen molar-refractivity contribution in [2.75, 3.05) is 0 Å². The Morgan fingerprint density at radius 3 is 2.56 bits per heavy atom. The van der Waals surface area contributed by atoms with Gasteiger partial charge in [-0.3, -0.25) is 4.98 Å². The van der Waals surface area contributed by atoms with E-state index in [1.165, 1.54) is 86.7 Å². The van der Waals surface area contributed by atoms with Crippen LogP contribution in [-0.2, 0) is 25.7 Å². The number of aryl methyl sites for hydroxylation is 1. The van der Waals surface area contributed by atoms with Gasteiger partial charge in [0.05, 0.1) is 5.69 Å². The van der Waals surface area contributed by atoms with Crippen LogP contribution >= 0.6 is 0 Å². The lowest BCUT2D eigenvalue weighted by Gasteiger charge is -2.28. The van der Waals surface area contributed by atoms with Gasteiger partial charge in [0.1, 0.15) is 0 Å². The molecule has 4 rings (SSSR count). The van der Waals surface area contributed by atoms with Gasteiger partial charge in [-0.1, -0.05) is 43.7 Å². The van der Waals surface area contributed by atoms with Crippen LogP contribution in [0.15, 0.2) is 30.3 Å². The molecule has 0 bridgehead atoms. The average molecular weight is 332 g/mol. The van der Waals surface area contributed by atoms with E-state index in [0.29, 0.717) is 0 Å². The molecule has 0 spiro atoms. The van der Waals surface area contributed by atoms with Crippen LogP contribution in [0.1, 0.15) is 79.1 Å². The lowest BCUT2D eigenvalue weighted by molar-refractivity contribution is 0.643. The number of hydrogen-bond acceptors (Lipinski definition) is 1. The van der Waals surface area contributed by atoms with Crippen molar-refractivity contribution in [2.24, 2.45) is 0 Å². The first-order valence-corrected chi connectivity index (χ1v) is 10.2. The molecular weight excluding hydrogens is 302 g/mol. The number of rotatable bonds is 4. The van der Waals surface area contributed by atoms with E-state index in [1.807, 2.05) is 0 Å². The van der Waals surface area contributed by atoms with E-state index in [1.54, 1.807) is 16.7 Å². The van der Waals surface area contributed by atoms with Gasteiger partial charge in [0, 0.05) is 5.69 Å². The Bertz CT molecular complexity index is 770. The van der Waals surface area contributed by atoms with Crippen LogP contribution in [0.3, 0.4) is 0 Å². The molecule has 2 aliphatic carbocycles. The Labute approximate surface area is 152 Å². The first-order chi connectivity index (χ1) is 12.4. The second-order valence-corrected chi connectivity index (χ2v) is 7.59. The van der Waals surface area contributed by atoms with Crippen molar-refractivity contribution in [2.45, 2.75) is 71.1 Å². The Hall–Kier alpha value is -1.89. The highest BCUT2D eigenvalue weighted by Crippen LogP contribution is 2.37. The molecule has 0 radical (unpaired) electrons. The fourth-order valence-electron chi connectivity index (χ4n) is 4.52. The lowest BCUT2D eigenvalue weighted by Crippen LogP contribution is -2.17. The zero-order valence-electron chi connectivity index (χ0n) is 15.5. The third-order valence-corrected chi connectivity index (χ3v) is 5.80. The molecule has 1 heterocycles. The number of fused-ring (bicyclic) bond motifs is 2. The lowest BCUT2D eigenvalue weighted by atomic mass is 9.81. The molecule has 0 unspecified atom stereocenters. The summed E-state index contributed by atoms with van der Waals surface area (Å²) in [7, 11) is 0. The van der Waals surface area contributed by atoms with Crippen LogP contribution < -0.4 is 0 Å². The van der Waals surface area contributed by atoms with Gasteiger partial charge in [0.2, 0.25) is 0 Å². The predicted octanol–water partition coefficient (Wildman–Crippen LogP) is 6.18. The molecule has 25 heavy (non-hydrogen) atoms. The SMILES string of the molecule is CCCCc1c2c(nc3c1CCC/C3=C\c1ccccc1)CCCC2. The average Bonchev–Trinajstić information content (AvgIpc) is 2.66. The normalized spacial score (nSPS) is 18.0. The number of allylic oxidation sites excluding steroid dienone is 1. The van der Waals surface area contributed by atoms with Gasteiger partial charge in [-0.05, 0) is 91.7 Å². The van der Waals surface area contributed by atoms with Crippen LogP contribution in [0.5, 0.6) is 0 Å². The number of benzene rings is 1. The Morgan fingerprint density at radius 1 is 0.920 bits per heavy atom. The van der Waals surface area contributed by atoms with E-state index in [9.17, 15) is 0 Å². The Morgan fingerprint density at radius 2 is 1.72 bits per heavy atom. The van der Waals surface area contributed by atoms with Crippen molar-refractivity contribution in [1.29, 1.82) is 0 Å². The molecule has 0 N–H and O–H groups in total. The molecule has 0 saturated heterocycles. The van der Waals surface area contributed by atoms with Crippen LogP contribution in [0.2, 0.25) is 0 Å². The maximum atomic E-state index is 5.23. The molecule has 0 amide bonds. The summed E-state index contributed by atoms with van der Waals surface area (Å²) < 4.78 is 0. The van der Waals surface area contributed by atoms with E-state index in [2.05, 4.69) is 43.3 Å². The van der Waals surface area contributed by atoms with Crippen LogP contribution in [0, 0.1) is 0 Å². The maximum Gasteiger partial charge on any atom is 0.0700 e. The summed E-state index contributed by atoms with van der Waals surface area (Å²) >= 11 is 0. The van der Waals surface area contributed by atoms with Crippen molar-refractivity contribution >= 4 is 11.6 Å². The largest absolute Gasteiger partial charge is 0.253 e. The zero-order chi connectivity index (χ0) is 17.1. The molecule has 0 saturated carbocycles. The summed E-state index contributed by atoms with van der Waals surface area (Å²) in [5, 5.41) is 0. The van der Waals surface area contributed by atoms with Crippen LogP contribution in [0.4, 0.5) is 0 Å². The van der Waals surface area contributed by atoms with E-state index < -0.39 is 0 Å². The second-order valence-electron chi connectivity index (χ2n) is 7.59. The number of pyridine rings is 1. The Balaban J connectivity index is 1.82.